The topological polar surface area (TPSA) is 83.2 Å². The largest absolute Gasteiger partial charge is 0.343 e. The van der Waals surface area contributed by atoms with Crippen LogP contribution in [0.2, 0.25) is 0 Å². The second-order valence-electron chi connectivity index (χ2n) is 5.77. The Hall–Kier alpha value is -1.63. The van der Waals surface area contributed by atoms with Gasteiger partial charge >= 0.3 is 0 Å². The number of nitrogens with two attached hydrogens (primary N) is 1. The standard InChI is InChI=1S/C13H23N7/c1-19(9-10-5-4-6-10)12-15-11(18-14)16-13(17-12)20-7-2-3-8-20/h10H,2-9,14H2,1H3,(H,15,16,17,18). The maximum Gasteiger partial charge on any atom is 0.243 e. The number of anilines is 3. The van der Waals surface area contributed by atoms with E-state index in [9.17, 15) is 0 Å². The predicted octanol–water partition coefficient (Wildman–Crippen LogP) is 0.994. The first-order valence-corrected chi connectivity index (χ1v) is 7.45. The van der Waals surface area contributed by atoms with Crippen LogP contribution in [0.4, 0.5) is 17.8 Å². The van der Waals surface area contributed by atoms with Crippen molar-refractivity contribution >= 4 is 17.8 Å². The molecule has 7 heteroatoms. The van der Waals surface area contributed by atoms with Gasteiger partial charge in [-0.05, 0) is 31.6 Å². The summed E-state index contributed by atoms with van der Waals surface area (Å²) < 4.78 is 0. The van der Waals surface area contributed by atoms with Crippen LogP contribution in [0, 0.1) is 5.92 Å². The molecule has 1 aromatic heterocycles. The molecular formula is C13H23N7. The van der Waals surface area contributed by atoms with E-state index in [4.69, 9.17) is 5.84 Å². The summed E-state index contributed by atoms with van der Waals surface area (Å²) in [4.78, 5) is 17.7. The molecule has 0 amide bonds. The highest BCUT2D eigenvalue weighted by atomic mass is 15.4. The van der Waals surface area contributed by atoms with Crippen LogP contribution in [0.3, 0.4) is 0 Å². The Morgan fingerprint density at radius 2 is 1.95 bits per heavy atom. The van der Waals surface area contributed by atoms with Gasteiger partial charge in [-0.3, -0.25) is 5.43 Å². The molecule has 0 unspecified atom stereocenters. The van der Waals surface area contributed by atoms with Crippen LogP contribution in [0.5, 0.6) is 0 Å². The normalized spacial score (nSPS) is 19.0. The number of rotatable bonds is 5. The second kappa shape index (κ2) is 5.78. The zero-order valence-corrected chi connectivity index (χ0v) is 12.0. The highest BCUT2D eigenvalue weighted by Crippen LogP contribution is 2.28. The summed E-state index contributed by atoms with van der Waals surface area (Å²) in [5.74, 6) is 8.15. The summed E-state index contributed by atoms with van der Waals surface area (Å²) in [6.07, 6.45) is 6.38. The SMILES string of the molecule is CN(CC1CCC1)c1nc(NN)nc(N2CCCC2)n1. The number of hydrogen-bond donors (Lipinski definition) is 2. The third kappa shape index (κ3) is 2.77. The van der Waals surface area contributed by atoms with E-state index >= 15 is 0 Å². The van der Waals surface area contributed by atoms with Crippen molar-refractivity contribution in [1.82, 2.24) is 15.0 Å². The lowest BCUT2D eigenvalue weighted by Crippen LogP contribution is -2.32. The fraction of sp³-hybridized carbons (Fsp3) is 0.769. The Labute approximate surface area is 119 Å². The molecule has 0 spiro atoms. The summed E-state index contributed by atoms with van der Waals surface area (Å²) in [5, 5.41) is 0. The summed E-state index contributed by atoms with van der Waals surface area (Å²) in [6, 6.07) is 0. The van der Waals surface area contributed by atoms with Crippen molar-refractivity contribution in [2.45, 2.75) is 32.1 Å². The quantitative estimate of drug-likeness (QED) is 0.613. The van der Waals surface area contributed by atoms with Crippen molar-refractivity contribution < 1.29 is 0 Å². The highest BCUT2D eigenvalue weighted by Gasteiger charge is 2.22. The minimum absolute atomic E-state index is 0.442. The number of hydrogen-bond acceptors (Lipinski definition) is 7. The fourth-order valence-corrected chi connectivity index (χ4v) is 2.79. The minimum Gasteiger partial charge on any atom is -0.343 e. The van der Waals surface area contributed by atoms with Gasteiger partial charge in [0.2, 0.25) is 17.8 Å². The van der Waals surface area contributed by atoms with Crippen LogP contribution in [0.15, 0.2) is 0 Å². The summed E-state index contributed by atoms with van der Waals surface area (Å²) in [6.45, 7) is 3.03. The van der Waals surface area contributed by atoms with E-state index in [2.05, 4.69) is 30.2 Å². The molecule has 20 heavy (non-hydrogen) atoms. The smallest absolute Gasteiger partial charge is 0.243 e. The monoisotopic (exact) mass is 277 g/mol. The first-order valence-electron chi connectivity index (χ1n) is 7.45. The Kier molecular flexibility index (Phi) is 3.86. The maximum absolute atomic E-state index is 5.49. The molecule has 1 aliphatic carbocycles. The molecule has 0 radical (unpaired) electrons. The molecule has 0 atom stereocenters. The van der Waals surface area contributed by atoms with Crippen LogP contribution in [0.1, 0.15) is 32.1 Å². The lowest BCUT2D eigenvalue weighted by Gasteiger charge is -2.30. The van der Waals surface area contributed by atoms with Crippen molar-refractivity contribution in [2.75, 3.05) is 41.9 Å². The molecule has 2 fully saturated rings. The Balaban J connectivity index is 1.79. The zero-order valence-electron chi connectivity index (χ0n) is 12.0. The van der Waals surface area contributed by atoms with Crippen molar-refractivity contribution in [3.05, 3.63) is 0 Å². The third-order valence-electron chi connectivity index (χ3n) is 4.23. The average molecular weight is 277 g/mol. The van der Waals surface area contributed by atoms with Crippen LogP contribution >= 0.6 is 0 Å². The summed E-state index contributed by atoms with van der Waals surface area (Å²) in [5.41, 5.74) is 2.55. The van der Waals surface area contributed by atoms with Gasteiger partial charge in [0.05, 0.1) is 0 Å². The molecule has 0 aromatic carbocycles. The van der Waals surface area contributed by atoms with Crippen molar-refractivity contribution in [3.8, 4) is 0 Å². The molecule has 2 aliphatic rings. The lowest BCUT2D eigenvalue weighted by atomic mass is 9.85. The molecule has 1 aromatic rings. The van der Waals surface area contributed by atoms with E-state index in [0.717, 1.165) is 31.5 Å². The van der Waals surface area contributed by atoms with E-state index in [0.29, 0.717) is 11.9 Å². The van der Waals surface area contributed by atoms with Gasteiger partial charge < -0.3 is 9.80 Å². The number of nitrogens with one attached hydrogen (secondary N) is 1. The Morgan fingerprint density at radius 1 is 1.20 bits per heavy atom. The van der Waals surface area contributed by atoms with Gasteiger partial charge in [0, 0.05) is 26.7 Å². The Bertz CT molecular complexity index is 454. The number of nitrogen functional groups attached to an aromatic ring is 1. The van der Waals surface area contributed by atoms with Crippen LogP contribution in [-0.2, 0) is 0 Å². The number of aromatic nitrogens is 3. The minimum atomic E-state index is 0.442. The fourth-order valence-electron chi connectivity index (χ4n) is 2.79. The molecule has 3 N–H and O–H groups in total. The molecule has 3 rings (SSSR count). The summed E-state index contributed by atoms with van der Waals surface area (Å²) in [7, 11) is 2.04. The molecule has 7 nitrogen and oxygen atoms in total. The van der Waals surface area contributed by atoms with Crippen LogP contribution in [0.25, 0.3) is 0 Å². The first kappa shape index (κ1) is 13.4. The van der Waals surface area contributed by atoms with E-state index < -0.39 is 0 Å². The van der Waals surface area contributed by atoms with Crippen LogP contribution < -0.4 is 21.1 Å². The van der Waals surface area contributed by atoms with Gasteiger partial charge in [-0.2, -0.15) is 15.0 Å². The number of nitrogens with zero attached hydrogens (tertiary/aromatic N) is 5. The Morgan fingerprint density at radius 3 is 2.55 bits per heavy atom. The highest BCUT2D eigenvalue weighted by molar-refractivity contribution is 5.44. The van der Waals surface area contributed by atoms with E-state index in [1.165, 1.54) is 32.1 Å². The van der Waals surface area contributed by atoms with Crippen molar-refractivity contribution in [2.24, 2.45) is 11.8 Å². The van der Waals surface area contributed by atoms with Crippen LogP contribution in [-0.4, -0.2) is 41.6 Å². The van der Waals surface area contributed by atoms with E-state index in [-0.39, 0.29) is 0 Å². The van der Waals surface area contributed by atoms with Gasteiger partial charge in [-0.1, -0.05) is 6.42 Å². The zero-order chi connectivity index (χ0) is 13.9. The summed E-state index contributed by atoms with van der Waals surface area (Å²) >= 11 is 0. The third-order valence-corrected chi connectivity index (χ3v) is 4.23. The van der Waals surface area contributed by atoms with Crippen molar-refractivity contribution in [1.29, 1.82) is 0 Å². The van der Waals surface area contributed by atoms with Gasteiger partial charge in [0.15, 0.2) is 0 Å². The van der Waals surface area contributed by atoms with Gasteiger partial charge in [-0.15, -0.1) is 0 Å². The molecule has 110 valence electrons. The van der Waals surface area contributed by atoms with Gasteiger partial charge in [-0.25, -0.2) is 5.84 Å². The molecule has 1 saturated heterocycles. The molecule has 1 saturated carbocycles. The second-order valence-corrected chi connectivity index (χ2v) is 5.77. The van der Waals surface area contributed by atoms with E-state index in [1.54, 1.807) is 0 Å². The van der Waals surface area contributed by atoms with Gasteiger partial charge in [0.1, 0.15) is 0 Å². The lowest BCUT2D eigenvalue weighted by molar-refractivity contribution is 0.320. The number of hydrazine groups is 1. The predicted molar refractivity (Wildman–Crippen MR) is 79.7 cm³/mol. The van der Waals surface area contributed by atoms with Crippen molar-refractivity contribution in [3.63, 3.8) is 0 Å². The molecule has 0 bridgehead atoms. The maximum atomic E-state index is 5.49. The molecule has 2 heterocycles. The molecule has 1 aliphatic heterocycles. The molecular weight excluding hydrogens is 254 g/mol. The first-order chi connectivity index (χ1) is 9.76. The van der Waals surface area contributed by atoms with E-state index in [1.807, 2.05) is 7.05 Å². The van der Waals surface area contributed by atoms with Gasteiger partial charge in [0.25, 0.3) is 0 Å². The average Bonchev–Trinajstić information content (AvgIpc) is 2.96.